The molecule has 0 fully saturated rings. The van der Waals surface area contributed by atoms with Gasteiger partial charge in [0.2, 0.25) is 0 Å². The summed E-state index contributed by atoms with van der Waals surface area (Å²) in [5, 5.41) is 0. The van der Waals surface area contributed by atoms with Gasteiger partial charge in [-0.1, -0.05) is 127 Å². The van der Waals surface area contributed by atoms with Gasteiger partial charge in [0.15, 0.2) is 23.3 Å². The number of nitrogens with zero attached hydrogens (tertiary/aromatic N) is 11. The SMILES string of the molecule is C=C(C)c1nc(C(=C)C)c(C)c(C)c1C.C=C(C)c1nc(C(C)(C)C)c(C)c(C)c1C.C=Nc1nc(N=C)c(C)c(C)c1C.C=Nc1nc(P(=C)(C)C)c(C)c(C)c1C.C=Nc1nc(P(=C)(C)C)c(C)c(C)c1C.C=P(C)(C)c1nc(C(C)(C)C)c(C)c(C)c1C.C=P(C)(C)c1nc(P(=C)(C)C)c(C)c(C)c1C. The molecule has 0 radical (unpaired) electrons. The highest BCUT2D eigenvalue weighted by Gasteiger charge is 2.26. The Morgan fingerprint density at radius 2 is 0.407 bits per heavy atom. The Morgan fingerprint density at radius 1 is 0.231 bits per heavy atom. The minimum atomic E-state index is -1.34. The molecular weight excluding hydrogens is 1410 g/mol. The fraction of sp³-hybridized carbons (Fsp3) is 0.457. The highest BCUT2D eigenvalue weighted by molar-refractivity contribution is 7.81. The summed E-state index contributed by atoms with van der Waals surface area (Å²) in [5.74, 6) is 2.80. The van der Waals surface area contributed by atoms with E-state index in [-0.39, 0.29) is 10.8 Å². The molecule has 0 aliphatic heterocycles. The molecule has 0 aliphatic carbocycles. The zero-order valence-corrected chi connectivity index (χ0v) is 80.1. The lowest BCUT2D eigenvalue weighted by Crippen LogP contribution is -2.27. The van der Waals surface area contributed by atoms with Gasteiger partial charge in [0, 0.05) is 22.2 Å². The monoisotopic (exact) mass is 1560 g/mol. The molecule has 0 atom stereocenters. The topological polar surface area (TPSA) is 140 Å². The average Bonchev–Trinajstić information content (AvgIpc) is 0.798. The first-order valence-corrected chi connectivity index (χ1v) is 51.1. The molecule has 108 heavy (non-hydrogen) atoms. The zero-order chi connectivity index (χ0) is 85.2. The predicted octanol–water partition coefficient (Wildman–Crippen LogP) is 22.7. The Morgan fingerprint density at radius 3 is 0.639 bits per heavy atom. The smallest absolute Gasteiger partial charge is 0.156 e. The van der Waals surface area contributed by atoms with Crippen LogP contribution in [0.2, 0.25) is 0 Å². The molecule has 0 aromatic carbocycles. The van der Waals surface area contributed by atoms with E-state index >= 15 is 0 Å². The average molecular weight is 1560 g/mol. The number of allylic oxidation sites excluding steroid dienone is 3. The maximum atomic E-state index is 4.96. The third-order valence-electron chi connectivity index (χ3n) is 20.3. The number of aliphatic imine (C=N–C) groups is 4. The standard InChI is InChI=1S/C15H26NP.C15H23N.C14H25NP2.C14H19N.2C12H19N2P.C10H13N3/c1-10-11(2)13(15(4,5)6)16-14(12(10)3)17(7,8)9;1-9(2)13-11(4)10(3)12(5)14(16-13)15(6,7)8;1-10-11(2)13(16(4,5)6)15-14(12(10)3)17(7,8)9;1-8(2)13-11(6)10(5)12(7)14(15-13)9(3)4;2*1-8-9(2)11(13-4)14-12(10(8)3)15(5,6)7;1-6-7(2)9(11-4)13-10(12-5)8(6)3/h7H2,1-6,8-9H3;1H2,2-8H3;4,7H2,1-3,5-6,8-9H3;1,3H2,2,4-7H3;2*4-5H2,1-3,6-7H3;4-5H2,1-3H3. The molecule has 7 rings (SSSR count). The Hall–Kier alpha value is -6.55. The fourth-order valence-corrected chi connectivity index (χ4v) is 19.8. The van der Waals surface area contributed by atoms with Gasteiger partial charge in [-0.3, -0.25) is 9.97 Å². The van der Waals surface area contributed by atoms with Crippen molar-refractivity contribution in [3.8, 4) is 0 Å². The minimum Gasteiger partial charge on any atom is -0.252 e. The summed E-state index contributed by atoms with van der Waals surface area (Å²) in [5.41, 5.74) is 41.0. The van der Waals surface area contributed by atoms with Crippen molar-refractivity contribution in [2.24, 2.45) is 20.0 Å². The summed E-state index contributed by atoms with van der Waals surface area (Å²) in [6, 6.07) is 0. The van der Waals surface area contributed by atoms with Gasteiger partial charge in [-0.15, -0.1) is 0 Å². The van der Waals surface area contributed by atoms with Crippen molar-refractivity contribution in [2.45, 2.75) is 219 Å². The predicted molar refractivity (Wildman–Crippen MR) is 515 cm³/mol. The number of hydrogen-bond acceptors (Lipinski definition) is 11. The van der Waals surface area contributed by atoms with Crippen LogP contribution < -0.4 is 27.2 Å². The van der Waals surface area contributed by atoms with Crippen molar-refractivity contribution >= 4 is 160 Å². The number of hydrogen-bond donors (Lipinski definition) is 0. The van der Waals surface area contributed by atoms with E-state index < -0.39 is 34.4 Å². The zero-order valence-electron chi connectivity index (χ0n) is 75.6. The van der Waals surface area contributed by atoms with Crippen molar-refractivity contribution < 1.29 is 0 Å². The lowest BCUT2D eigenvalue weighted by atomic mass is 9.85. The van der Waals surface area contributed by atoms with Gasteiger partial charge in [0.05, 0.1) is 44.3 Å². The van der Waals surface area contributed by atoms with Crippen LogP contribution in [0.5, 0.6) is 0 Å². The van der Waals surface area contributed by atoms with Crippen molar-refractivity contribution in [2.75, 3.05) is 66.6 Å². The van der Waals surface area contributed by atoms with Gasteiger partial charge in [-0.25, -0.2) is 44.9 Å². The molecule has 7 aromatic heterocycles. The van der Waals surface area contributed by atoms with E-state index in [1.807, 2.05) is 55.4 Å². The van der Waals surface area contributed by atoms with Crippen LogP contribution in [0, 0.1) is 145 Å². The summed E-state index contributed by atoms with van der Waals surface area (Å²) in [6.07, 6.45) is 21.5. The van der Waals surface area contributed by atoms with Gasteiger partial charge in [-0.2, -0.15) is 0 Å². The molecular formula is C92H144N11P5. The van der Waals surface area contributed by atoms with Gasteiger partial charge in [0.25, 0.3) is 0 Å². The summed E-state index contributed by atoms with van der Waals surface area (Å²) >= 11 is 0. The Kier molecular flexibility index (Phi) is 35.5. The quantitative estimate of drug-likeness (QED) is 0.0876. The van der Waals surface area contributed by atoms with Crippen molar-refractivity contribution in [1.29, 1.82) is 0 Å². The van der Waals surface area contributed by atoms with Gasteiger partial charge >= 0.3 is 0 Å². The summed E-state index contributed by atoms with van der Waals surface area (Å²) < 4.78 is 0. The summed E-state index contributed by atoms with van der Waals surface area (Å²) in [6.45, 7) is 105. The van der Waals surface area contributed by atoms with Crippen molar-refractivity contribution in [3.05, 3.63) is 165 Å². The maximum absolute atomic E-state index is 4.96. The van der Waals surface area contributed by atoms with Crippen LogP contribution in [0.4, 0.5) is 23.3 Å². The molecule has 16 heteroatoms. The van der Waals surface area contributed by atoms with E-state index in [2.05, 4.69) is 337 Å². The van der Waals surface area contributed by atoms with Gasteiger partial charge in [0.1, 0.15) is 0 Å². The van der Waals surface area contributed by atoms with Gasteiger partial charge < -0.3 is 0 Å². The summed E-state index contributed by atoms with van der Waals surface area (Å²) in [4.78, 5) is 48.3. The van der Waals surface area contributed by atoms with Gasteiger partial charge in [-0.05, 0) is 393 Å². The first-order valence-electron chi connectivity index (χ1n) is 36.8. The first kappa shape index (κ1) is 99.5. The molecule has 0 bridgehead atoms. The Balaban J connectivity index is 0.000000631. The van der Waals surface area contributed by atoms with Crippen LogP contribution in [0.15, 0.2) is 39.7 Å². The van der Waals surface area contributed by atoms with E-state index in [4.69, 9.17) is 15.0 Å². The highest BCUT2D eigenvalue weighted by atomic mass is 31.2. The molecule has 0 saturated carbocycles. The number of rotatable bonds is 12. The van der Waals surface area contributed by atoms with E-state index in [1.54, 1.807) is 0 Å². The highest BCUT2D eigenvalue weighted by Crippen LogP contribution is 2.42. The molecule has 0 amide bonds. The number of aromatic nitrogens is 7. The molecule has 592 valence electrons. The second-order valence-electron chi connectivity index (χ2n) is 34.5. The van der Waals surface area contributed by atoms with Crippen molar-refractivity contribution in [1.82, 2.24) is 34.9 Å². The van der Waals surface area contributed by atoms with Crippen LogP contribution in [0.3, 0.4) is 0 Å². The van der Waals surface area contributed by atoms with Crippen LogP contribution in [-0.4, -0.2) is 160 Å². The molecule has 11 nitrogen and oxygen atoms in total. The molecule has 0 spiro atoms. The van der Waals surface area contributed by atoms with Crippen LogP contribution in [0.25, 0.3) is 16.7 Å². The largest absolute Gasteiger partial charge is 0.252 e. The Bertz CT molecular complexity index is 4700. The lowest BCUT2D eigenvalue weighted by Gasteiger charge is -2.26. The molecule has 0 aliphatic rings. The molecule has 7 aromatic rings. The van der Waals surface area contributed by atoms with E-state index in [1.165, 1.54) is 117 Å². The third kappa shape index (κ3) is 25.2. The third-order valence-corrected chi connectivity index (χ3v) is 28.2. The maximum Gasteiger partial charge on any atom is 0.156 e. The minimum absolute atomic E-state index is 0.0900. The number of pyridine rings is 7. The summed E-state index contributed by atoms with van der Waals surface area (Å²) in [7, 11) is 0. The van der Waals surface area contributed by atoms with Crippen molar-refractivity contribution in [3.63, 3.8) is 0 Å². The Labute approximate surface area is 660 Å². The van der Waals surface area contributed by atoms with E-state index in [0.29, 0.717) is 11.6 Å². The second kappa shape index (κ2) is 38.6. The van der Waals surface area contributed by atoms with E-state index in [9.17, 15) is 0 Å². The van der Waals surface area contributed by atoms with Crippen LogP contribution in [0.1, 0.15) is 208 Å². The molecule has 0 saturated heterocycles. The first-order chi connectivity index (χ1) is 48.6. The molecule has 0 N–H and O–H groups in total. The van der Waals surface area contributed by atoms with E-state index in [0.717, 1.165) is 84.1 Å². The second-order valence-corrected chi connectivity index (χ2v) is 53.4. The molecule has 0 unspecified atom stereocenters. The molecule has 7 heterocycles. The fourth-order valence-electron chi connectivity index (χ4n) is 12.5. The van der Waals surface area contributed by atoms with Crippen LogP contribution >= 0.6 is 34.4 Å². The normalized spacial score (nSPS) is 11.6. The lowest BCUT2D eigenvalue weighted by molar-refractivity contribution is 0.562. The van der Waals surface area contributed by atoms with Crippen LogP contribution in [-0.2, 0) is 10.8 Å².